The van der Waals surface area contributed by atoms with Gasteiger partial charge in [0.1, 0.15) is 5.00 Å². The highest BCUT2D eigenvalue weighted by molar-refractivity contribution is 7.17. The molecule has 28 heavy (non-hydrogen) atoms. The number of amides is 1. The Morgan fingerprint density at radius 1 is 1.39 bits per heavy atom. The van der Waals surface area contributed by atoms with E-state index in [2.05, 4.69) is 10.4 Å². The lowest BCUT2D eigenvalue weighted by molar-refractivity contribution is -0.389. The predicted octanol–water partition coefficient (Wildman–Crippen LogP) is 3.33. The molecule has 2 aromatic rings. The molecule has 10 heteroatoms. The quantitative estimate of drug-likeness (QED) is 0.408. The topological polar surface area (TPSA) is 116 Å². The third-order valence-electron chi connectivity index (χ3n) is 4.45. The van der Waals surface area contributed by atoms with Crippen molar-refractivity contribution in [2.75, 3.05) is 11.9 Å². The van der Waals surface area contributed by atoms with E-state index in [-0.39, 0.29) is 30.7 Å². The standard InChI is InChI=1S/C18H22N4O5S/c1-2-11-27-18(24)16-12-5-3-4-6-13(12)28-17(16)19-15(23)8-10-21-9-7-14(20-21)22(25)26/h7,9H,2-6,8,10-11H2,1H3,(H,19,23). The van der Waals surface area contributed by atoms with Gasteiger partial charge in [-0.2, -0.15) is 4.68 Å². The summed E-state index contributed by atoms with van der Waals surface area (Å²) in [6.45, 7) is 2.48. The van der Waals surface area contributed by atoms with Crippen LogP contribution in [0.2, 0.25) is 0 Å². The van der Waals surface area contributed by atoms with Crippen LogP contribution in [0.25, 0.3) is 0 Å². The van der Waals surface area contributed by atoms with Crippen LogP contribution in [0.4, 0.5) is 10.8 Å². The normalized spacial score (nSPS) is 13.0. The van der Waals surface area contributed by atoms with Crippen molar-refractivity contribution in [1.29, 1.82) is 0 Å². The average Bonchev–Trinajstić information content (AvgIpc) is 3.29. The fourth-order valence-electron chi connectivity index (χ4n) is 3.11. The highest BCUT2D eigenvalue weighted by atomic mass is 32.1. The van der Waals surface area contributed by atoms with E-state index < -0.39 is 4.92 Å². The van der Waals surface area contributed by atoms with Gasteiger partial charge in [0.05, 0.1) is 36.1 Å². The maximum Gasteiger partial charge on any atom is 0.389 e. The van der Waals surface area contributed by atoms with Crippen molar-refractivity contribution >= 4 is 34.0 Å². The van der Waals surface area contributed by atoms with Gasteiger partial charge in [-0.3, -0.25) is 4.79 Å². The zero-order valence-electron chi connectivity index (χ0n) is 15.6. The van der Waals surface area contributed by atoms with Crippen LogP contribution in [0.5, 0.6) is 0 Å². The third kappa shape index (κ3) is 4.56. The summed E-state index contributed by atoms with van der Waals surface area (Å²) in [6, 6.07) is 1.28. The Bertz CT molecular complexity index is 889. The molecule has 0 fully saturated rings. The average molecular weight is 406 g/mol. The van der Waals surface area contributed by atoms with Crippen LogP contribution in [-0.2, 0) is 28.9 Å². The molecule has 1 aliphatic rings. The van der Waals surface area contributed by atoms with Crippen LogP contribution in [0, 0.1) is 10.1 Å². The number of ether oxygens (including phenoxy) is 1. The molecule has 1 aliphatic carbocycles. The minimum atomic E-state index is -0.582. The number of carbonyl (C=O) groups excluding carboxylic acids is 2. The molecule has 2 aromatic heterocycles. The van der Waals surface area contributed by atoms with E-state index >= 15 is 0 Å². The van der Waals surface area contributed by atoms with E-state index in [0.29, 0.717) is 17.2 Å². The van der Waals surface area contributed by atoms with Crippen LogP contribution >= 0.6 is 11.3 Å². The molecule has 0 aromatic carbocycles. The first-order chi connectivity index (χ1) is 13.5. The van der Waals surface area contributed by atoms with Crippen molar-refractivity contribution < 1.29 is 19.2 Å². The number of aryl methyl sites for hydroxylation is 2. The Morgan fingerprint density at radius 2 is 2.18 bits per heavy atom. The number of hydrogen-bond acceptors (Lipinski definition) is 7. The lowest BCUT2D eigenvalue weighted by Gasteiger charge is -2.12. The number of aromatic nitrogens is 2. The number of carbonyl (C=O) groups is 2. The molecule has 9 nitrogen and oxygen atoms in total. The van der Waals surface area contributed by atoms with Gasteiger partial charge >= 0.3 is 11.8 Å². The number of esters is 1. The number of anilines is 1. The second kappa shape index (κ2) is 8.96. The molecular weight excluding hydrogens is 384 g/mol. The molecule has 0 saturated heterocycles. The monoisotopic (exact) mass is 406 g/mol. The second-order valence-corrected chi connectivity index (χ2v) is 7.65. The van der Waals surface area contributed by atoms with Crippen LogP contribution < -0.4 is 5.32 Å². The summed E-state index contributed by atoms with van der Waals surface area (Å²) in [4.78, 5) is 36.2. The predicted molar refractivity (Wildman–Crippen MR) is 104 cm³/mol. The number of thiophene rings is 1. The van der Waals surface area contributed by atoms with Crippen molar-refractivity contribution in [2.24, 2.45) is 0 Å². The Labute approximate surface area is 165 Å². The number of nitro groups is 1. The number of nitrogens with one attached hydrogen (secondary N) is 1. The summed E-state index contributed by atoms with van der Waals surface area (Å²) in [6.07, 6.45) is 6.09. The molecule has 0 bridgehead atoms. The SMILES string of the molecule is CCCOC(=O)c1c(NC(=O)CCn2ccc([N+](=O)[O-])n2)sc2c1CCCC2. The maximum absolute atomic E-state index is 12.5. The number of hydrogen-bond donors (Lipinski definition) is 1. The van der Waals surface area contributed by atoms with Gasteiger partial charge in [0.15, 0.2) is 0 Å². The molecule has 0 atom stereocenters. The maximum atomic E-state index is 12.5. The van der Waals surface area contributed by atoms with Crippen molar-refractivity contribution in [3.63, 3.8) is 0 Å². The summed E-state index contributed by atoms with van der Waals surface area (Å²) in [5.41, 5.74) is 1.48. The molecule has 1 N–H and O–H groups in total. The Kier molecular flexibility index (Phi) is 6.40. The first-order valence-corrected chi connectivity index (χ1v) is 10.1. The van der Waals surface area contributed by atoms with E-state index in [0.717, 1.165) is 42.5 Å². The van der Waals surface area contributed by atoms with Gasteiger partial charge < -0.3 is 20.2 Å². The van der Waals surface area contributed by atoms with E-state index in [9.17, 15) is 19.7 Å². The van der Waals surface area contributed by atoms with Crippen LogP contribution in [0.15, 0.2) is 12.3 Å². The molecule has 3 rings (SSSR count). The van der Waals surface area contributed by atoms with Gasteiger partial charge in [-0.15, -0.1) is 11.3 Å². The Morgan fingerprint density at radius 3 is 2.89 bits per heavy atom. The van der Waals surface area contributed by atoms with Crippen molar-refractivity contribution in [1.82, 2.24) is 9.78 Å². The largest absolute Gasteiger partial charge is 0.462 e. The molecule has 0 radical (unpaired) electrons. The Hall–Kier alpha value is -2.75. The number of rotatable bonds is 8. The second-order valence-electron chi connectivity index (χ2n) is 6.54. The van der Waals surface area contributed by atoms with Crippen LogP contribution in [-0.4, -0.2) is 33.2 Å². The van der Waals surface area contributed by atoms with E-state index in [1.165, 1.54) is 28.3 Å². The van der Waals surface area contributed by atoms with E-state index in [4.69, 9.17) is 4.74 Å². The van der Waals surface area contributed by atoms with Crippen LogP contribution in [0.1, 0.15) is 53.4 Å². The van der Waals surface area contributed by atoms with Gasteiger partial charge in [-0.1, -0.05) is 6.92 Å². The molecule has 1 amide bonds. The Balaban J connectivity index is 1.69. The molecular formula is C18H22N4O5S. The fourth-order valence-corrected chi connectivity index (χ4v) is 4.41. The zero-order valence-corrected chi connectivity index (χ0v) is 16.4. The lowest BCUT2D eigenvalue weighted by Crippen LogP contribution is -2.17. The molecule has 2 heterocycles. The summed E-state index contributed by atoms with van der Waals surface area (Å²) in [7, 11) is 0. The zero-order chi connectivity index (χ0) is 20.1. The first kappa shape index (κ1) is 20.0. The third-order valence-corrected chi connectivity index (χ3v) is 5.65. The van der Waals surface area contributed by atoms with Crippen molar-refractivity contribution in [2.45, 2.75) is 52.0 Å². The highest BCUT2D eigenvalue weighted by Crippen LogP contribution is 2.38. The number of nitrogens with zero attached hydrogens (tertiary/aromatic N) is 3. The van der Waals surface area contributed by atoms with Gasteiger partial charge in [-0.05, 0) is 42.6 Å². The van der Waals surface area contributed by atoms with E-state index in [1.54, 1.807) is 0 Å². The highest BCUT2D eigenvalue weighted by Gasteiger charge is 2.27. The molecule has 0 saturated carbocycles. The van der Waals surface area contributed by atoms with E-state index in [1.807, 2.05) is 6.92 Å². The van der Waals surface area contributed by atoms with Crippen molar-refractivity contribution in [3.8, 4) is 0 Å². The number of fused-ring (bicyclic) bond motifs is 1. The fraction of sp³-hybridized carbons (Fsp3) is 0.500. The summed E-state index contributed by atoms with van der Waals surface area (Å²) in [5.74, 6) is -0.923. The van der Waals surface area contributed by atoms with Gasteiger partial charge in [0, 0.05) is 11.3 Å². The van der Waals surface area contributed by atoms with Gasteiger partial charge in [-0.25, -0.2) is 4.79 Å². The molecule has 0 unspecified atom stereocenters. The summed E-state index contributed by atoms with van der Waals surface area (Å²) in [5, 5.41) is 17.8. The smallest absolute Gasteiger partial charge is 0.389 e. The molecule has 0 spiro atoms. The molecule has 150 valence electrons. The summed E-state index contributed by atoms with van der Waals surface area (Å²) < 4.78 is 6.67. The van der Waals surface area contributed by atoms with Crippen molar-refractivity contribution in [3.05, 3.63) is 38.4 Å². The van der Waals surface area contributed by atoms with Gasteiger partial charge in [0.2, 0.25) is 5.91 Å². The first-order valence-electron chi connectivity index (χ1n) is 9.29. The van der Waals surface area contributed by atoms with Crippen LogP contribution in [0.3, 0.4) is 0 Å². The van der Waals surface area contributed by atoms with Gasteiger partial charge in [0.25, 0.3) is 0 Å². The minimum absolute atomic E-state index is 0.0881. The molecule has 0 aliphatic heterocycles. The summed E-state index contributed by atoms with van der Waals surface area (Å²) >= 11 is 1.44. The lowest BCUT2D eigenvalue weighted by atomic mass is 9.95. The minimum Gasteiger partial charge on any atom is -0.462 e.